The molecule has 0 aliphatic heterocycles. The molecule has 2 aromatic heterocycles. The smallest absolute Gasteiger partial charge is 0.331 e. The van der Waals surface area contributed by atoms with Gasteiger partial charge in [0, 0.05) is 4.88 Å². The fourth-order valence-corrected chi connectivity index (χ4v) is 5.61. The highest BCUT2D eigenvalue weighted by Gasteiger charge is 2.34. The number of aryl methyl sites for hydroxylation is 2. The second-order valence-corrected chi connectivity index (χ2v) is 9.23. The zero-order valence-corrected chi connectivity index (χ0v) is 18.0. The molecule has 0 spiro atoms. The number of carbonyl (C=O) groups excluding carboxylic acids is 2. The molecule has 1 aliphatic rings. The first-order valence-corrected chi connectivity index (χ1v) is 11.4. The van der Waals surface area contributed by atoms with Gasteiger partial charge >= 0.3 is 5.97 Å². The van der Waals surface area contributed by atoms with E-state index in [4.69, 9.17) is 4.74 Å². The summed E-state index contributed by atoms with van der Waals surface area (Å²) < 4.78 is 4.81. The zero-order valence-electron chi connectivity index (χ0n) is 16.3. The van der Waals surface area contributed by atoms with Crippen LogP contribution in [0, 0.1) is 0 Å². The first-order valence-electron chi connectivity index (χ1n) is 9.38. The average molecular weight is 424 g/mol. The SMILES string of the molecule is CCCC(C)(NC(=O)CSCc1nc2sc3c(c2c(=O)[nH]1)CCC3)C(=O)OC. The van der Waals surface area contributed by atoms with E-state index in [1.165, 1.54) is 23.7 Å². The maximum atomic E-state index is 12.5. The van der Waals surface area contributed by atoms with Crippen LogP contribution in [0.1, 0.15) is 49.4 Å². The predicted octanol–water partition coefficient (Wildman–Crippen LogP) is 2.55. The van der Waals surface area contributed by atoms with Gasteiger partial charge in [-0.05, 0) is 38.2 Å². The van der Waals surface area contributed by atoms with Crippen molar-refractivity contribution in [2.24, 2.45) is 0 Å². The van der Waals surface area contributed by atoms with Crippen LogP contribution in [0.4, 0.5) is 0 Å². The Bertz CT molecular complexity index is 953. The number of thioether (sulfide) groups is 1. The molecular formula is C19H25N3O4S2. The van der Waals surface area contributed by atoms with Crippen LogP contribution in [0.2, 0.25) is 0 Å². The molecule has 7 nitrogen and oxygen atoms in total. The van der Waals surface area contributed by atoms with Gasteiger partial charge in [0.25, 0.3) is 5.56 Å². The van der Waals surface area contributed by atoms with Crippen LogP contribution >= 0.6 is 23.1 Å². The molecule has 0 saturated carbocycles. The number of amides is 1. The Morgan fingerprint density at radius 1 is 1.39 bits per heavy atom. The summed E-state index contributed by atoms with van der Waals surface area (Å²) in [5.74, 6) is 0.461. The number of H-pyrrole nitrogens is 1. The fourth-order valence-electron chi connectivity index (χ4n) is 3.64. The molecule has 28 heavy (non-hydrogen) atoms. The molecule has 1 aliphatic carbocycles. The van der Waals surface area contributed by atoms with Gasteiger partial charge in [0.1, 0.15) is 16.2 Å². The Morgan fingerprint density at radius 3 is 2.89 bits per heavy atom. The van der Waals surface area contributed by atoms with Crippen molar-refractivity contribution in [3.8, 4) is 0 Å². The summed E-state index contributed by atoms with van der Waals surface area (Å²) in [5.41, 5.74) is 0.0421. The molecular weight excluding hydrogens is 398 g/mol. The molecule has 0 radical (unpaired) electrons. The van der Waals surface area contributed by atoms with E-state index in [2.05, 4.69) is 15.3 Å². The van der Waals surface area contributed by atoms with Gasteiger partial charge in [-0.1, -0.05) is 13.3 Å². The summed E-state index contributed by atoms with van der Waals surface area (Å²) in [7, 11) is 1.32. The van der Waals surface area contributed by atoms with Crippen molar-refractivity contribution in [3.05, 3.63) is 26.6 Å². The molecule has 2 N–H and O–H groups in total. The Morgan fingerprint density at radius 2 is 2.18 bits per heavy atom. The molecule has 0 saturated heterocycles. The topological polar surface area (TPSA) is 101 Å². The lowest BCUT2D eigenvalue weighted by atomic mass is 9.96. The number of hydrogen-bond acceptors (Lipinski definition) is 7. The minimum Gasteiger partial charge on any atom is -0.467 e. The summed E-state index contributed by atoms with van der Waals surface area (Å²) in [6.45, 7) is 3.62. The summed E-state index contributed by atoms with van der Waals surface area (Å²) in [4.78, 5) is 46.2. The lowest BCUT2D eigenvalue weighted by Gasteiger charge is -2.27. The molecule has 0 bridgehead atoms. The first kappa shape index (κ1) is 20.9. The first-order chi connectivity index (χ1) is 13.4. The second-order valence-electron chi connectivity index (χ2n) is 7.16. The number of rotatable bonds is 8. The van der Waals surface area contributed by atoms with E-state index < -0.39 is 11.5 Å². The number of nitrogens with zero attached hydrogens (tertiary/aromatic N) is 1. The van der Waals surface area contributed by atoms with Crippen molar-refractivity contribution in [1.29, 1.82) is 0 Å². The van der Waals surface area contributed by atoms with E-state index in [1.807, 2.05) is 6.92 Å². The van der Waals surface area contributed by atoms with Crippen LogP contribution in [-0.2, 0) is 32.9 Å². The summed E-state index contributed by atoms with van der Waals surface area (Å²) in [6.07, 6.45) is 4.33. The Hall–Kier alpha value is -1.87. The van der Waals surface area contributed by atoms with Gasteiger partial charge in [-0.25, -0.2) is 9.78 Å². The molecule has 1 atom stereocenters. The number of nitrogens with one attached hydrogen (secondary N) is 2. The molecule has 1 unspecified atom stereocenters. The van der Waals surface area contributed by atoms with Crippen molar-refractivity contribution in [1.82, 2.24) is 15.3 Å². The molecule has 1 amide bonds. The predicted molar refractivity (Wildman–Crippen MR) is 112 cm³/mol. The summed E-state index contributed by atoms with van der Waals surface area (Å²) >= 11 is 2.95. The molecule has 152 valence electrons. The standard InChI is InChI=1S/C19H25N3O4S2/c1-4-8-19(2,18(25)26-3)22-14(23)10-27-9-13-20-16(24)15-11-6-5-7-12(11)28-17(15)21-13/h4-10H2,1-3H3,(H,22,23)(H,20,21,24). The number of aromatic nitrogens is 2. The van der Waals surface area contributed by atoms with Gasteiger partial charge < -0.3 is 15.0 Å². The third-order valence-electron chi connectivity index (χ3n) is 4.90. The number of ether oxygens (including phenoxy) is 1. The maximum Gasteiger partial charge on any atom is 0.331 e. The minimum atomic E-state index is -1.02. The largest absolute Gasteiger partial charge is 0.467 e. The number of aromatic amines is 1. The fraction of sp³-hybridized carbons (Fsp3) is 0.579. The van der Waals surface area contributed by atoms with Crippen LogP contribution in [0.15, 0.2) is 4.79 Å². The van der Waals surface area contributed by atoms with E-state index in [0.717, 1.165) is 41.5 Å². The van der Waals surface area contributed by atoms with Gasteiger partial charge in [0.05, 0.1) is 24.0 Å². The number of esters is 1. The van der Waals surface area contributed by atoms with Gasteiger partial charge in [0.15, 0.2) is 0 Å². The maximum absolute atomic E-state index is 12.5. The summed E-state index contributed by atoms with van der Waals surface area (Å²) in [5, 5.41) is 3.51. The van der Waals surface area contributed by atoms with Gasteiger partial charge in [-0.2, -0.15) is 0 Å². The van der Waals surface area contributed by atoms with E-state index in [0.29, 0.717) is 18.0 Å². The van der Waals surface area contributed by atoms with E-state index in [9.17, 15) is 14.4 Å². The van der Waals surface area contributed by atoms with Crippen LogP contribution in [0.5, 0.6) is 0 Å². The molecule has 0 fully saturated rings. The number of carbonyl (C=O) groups is 2. The molecule has 2 aromatic rings. The Labute approximate surface area is 171 Å². The van der Waals surface area contributed by atoms with E-state index in [-0.39, 0.29) is 17.2 Å². The van der Waals surface area contributed by atoms with Gasteiger partial charge in [0.2, 0.25) is 5.91 Å². The Balaban J connectivity index is 1.61. The van der Waals surface area contributed by atoms with Crippen LogP contribution in [0.3, 0.4) is 0 Å². The highest BCUT2D eigenvalue weighted by molar-refractivity contribution is 7.99. The van der Waals surface area contributed by atoms with Crippen LogP contribution < -0.4 is 10.9 Å². The lowest BCUT2D eigenvalue weighted by Crippen LogP contribution is -2.53. The minimum absolute atomic E-state index is 0.0920. The zero-order chi connectivity index (χ0) is 20.3. The van der Waals surface area contributed by atoms with E-state index >= 15 is 0 Å². The molecule has 0 aromatic carbocycles. The lowest BCUT2D eigenvalue weighted by molar-refractivity contribution is -0.150. The molecule has 9 heteroatoms. The van der Waals surface area contributed by atoms with Crippen molar-refractivity contribution in [2.75, 3.05) is 12.9 Å². The van der Waals surface area contributed by atoms with Crippen LogP contribution in [-0.4, -0.2) is 40.2 Å². The van der Waals surface area contributed by atoms with Crippen molar-refractivity contribution >= 4 is 45.2 Å². The number of hydrogen-bond donors (Lipinski definition) is 2. The van der Waals surface area contributed by atoms with Crippen molar-refractivity contribution in [3.63, 3.8) is 0 Å². The highest BCUT2D eigenvalue weighted by Crippen LogP contribution is 2.34. The second kappa shape index (κ2) is 8.65. The Kier molecular flexibility index (Phi) is 6.44. The third kappa shape index (κ3) is 4.25. The van der Waals surface area contributed by atoms with Crippen molar-refractivity contribution in [2.45, 2.75) is 57.2 Å². The quantitative estimate of drug-likeness (QED) is 0.633. The third-order valence-corrected chi connectivity index (χ3v) is 7.03. The average Bonchev–Trinajstić information content (AvgIpc) is 3.21. The molecule has 2 heterocycles. The number of fused-ring (bicyclic) bond motifs is 3. The van der Waals surface area contributed by atoms with Crippen molar-refractivity contribution < 1.29 is 14.3 Å². The number of methoxy groups -OCH3 is 1. The van der Waals surface area contributed by atoms with Gasteiger partial charge in [-0.15, -0.1) is 23.1 Å². The molecule has 3 rings (SSSR count). The normalized spacial score (nSPS) is 15.2. The monoisotopic (exact) mass is 423 g/mol. The number of thiophene rings is 1. The van der Waals surface area contributed by atoms with Crippen LogP contribution in [0.25, 0.3) is 10.2 Å². The van der Waals surface area contributed by atoms with E-state index in [1.54, 1.807) is 18.3 Å². The summed E-state index contributed by atoms with van der Waals surface area (Å²) in [6, 6.07) is 0. The highest BCUT2D eigenvalue weighted by atomic mass is 32.2. The van der Waals surface area contributed by atoms with Gasteiger partial charge in [-0.3, -0.25) is 9.59 Å².